The van der Waals surface area contributed by atoms with Crippen LogP contribution in [0.5, 0.6) is 11.9 Å². The van der Waals surface area contributed by atoms with Crippen molar-refractivity contribution in [3.8, 4) is 11.9 Å². The first-order valence-electron chi connectivity index (χ1n) is 5.22. The van der Waals surface area contributed by atoms with E-state index in [1.54, 1.807) is 24.5 Å². The van der Waals surface area contributed by atoms with Gasteiger partial charge in [0.15, 0.2) is 0 Å². The summed E-state index contributed by atoms with van der Waals surface area (Å²) in [7, 11) is 0. The SMILES string of the molecule is O.c1cnc(Oc2ccc3ccccc3n2)nc1. The molecule has 18 heavy (non-hydrogen) atoms. The Morgan fingerprint density at radius 3 is 2.44 bits per heavy atom. The zero-order valence-electron chi connectivity index (χ0n) is 9.45. The summed E-state index contributed by atoms with van der Waals surface area (Å²) in [5.74, 6) is 0.495. The first kappa shape index (κ1) is 11.9. The van der Waals surface area contributed by atoms with E-state index in [1.165, 1.54) is 0 Å². The molecule has 1 aromatic carbocycles. The van der Waals surface area contributed by atoms with Crippen LogP contribution < -0.4 is 4.74 Å². The standard InChI is InChI=1S/C13H9N3O.H2O/c1-2-5-11-10(4-1)6-7-12(16-11)17-13-14-8-3-9-15-13;/h1-9H;1H2. The fourth-order valence-corrected chi connectivity index (χ4v) is 1.54. The quantitative estimate of drug-likeness (QED) is 0.687. The van der Waals surface area contributed by atoms with Gasteiger partial charge in [-0.25, -0.2) is 15.0 Å². The highest BCUT2D eigenvalue weighted by Gasteiger charge is 2.01. The molecule has 3 aromatic rings. The van der Waals surface area contributed by atoms with E-state index in [-0.39, 0.29) is 5.48 Å². The number of hydrogen-bond donors (Lipinski definition) is 0. The summed E-state index contributed by atoms with van der Waals surface area (Å²) in [5.41, 5.74) is 0.890. The highest BCUT2D eigenvalue weighted by atomic mass is 16.5. The van der Waals surface area contributed by atoms with Gasteiger partial charge < -0.3 is 10.2 Å². The van der Waals surface area contributed by atoms with Crippen LogP contribution in [0.4, 0.5) is 0 Å². The molecule has 90 valence electrons. The van der Waals surface area contributed by atoms with Crippen molar-refractivity contribution in [3.05, 3.63) is 54.9 Å². The van der Waals surface area contributed by atoms with Gasteiger partial charge in [0, 0.05) is 23.8 Å². The lowest BCUT2D eigenvalue weighted by Crippen LogP contribution is -1.92. The normalized spacial score (nSPS) is 9.78. The van der Waals surface area contributed by atoms with Gasteiger partial charge in [-0.05, 0) is 18.2 Å². The van der Waals surface area contributed by atoms with E-state index in [0.29, 0.717) is 11.9 Å². The fraction of sp³-hybridized carbons (Fsp3) is 0. The second-order valence-electron chi connectivity index (χ2n) is 3.48. The molecule has 0 saturated heterocycles. The fourth-order valence-electron chi connectivity index (χ4n) is 1.54. The number of benzene rings is 1. The average molecular weight is 241 g/mol. The van der Waals surface area contributed by atoms with E-state index in [0.717, 1.165) is 10.9 Å². The molecule has 0 amide bonds. The minimum absolute atomic E-state index is 0. The second-order valence-corrected chi connectivity index (χ2v) is 3.48. The molecule has 2 aromatic heterocycles. The highest BCUT2D eigenvalue weighted by Crippen LogP contribution is 2.19. The number of ether oxygens (including phenoxy) is 1. The molecule has 0 aliphatic rings. The zero-order valence-corrected chi connectivity index (χ0v) is 9.45. The van der Waals surface area contributed by atoms with Crippen LogP contribution in [-0.4, -0.2) is 20.4 Å². The van der Waals surface area contributed by atoms with Crippen molar-refractivity contribution >= 4 is 10.9 Å². The lowest BCUT2D eigenvalue weighted by atomic mass is 10.2. The van der Waals surface area contributed by atoms with Crippen molar-refractivity contribution in [2.24, 2.45) is 0 Å². The Morgan fingerprint density at radius 2 is 1.61 bits per heavy atom. The number of para-hydroxylation sites is 1. The highest BCUT2D eigenvalue weighted by molar-refractivity contribution is 5.78. The molecule has 2 heterocycles. The number of fused-ring (bicyclic) bond motifs is 1. The summed E-state index contributed by atoms with van der Waals surface area (Å²) in [6.45, 7) is 0. The van der Waals surface area contributed by atoms with E-state index in [1.807, 2.05) is 30.3 Å². The molecule has 0 saturated carbocycles. The molecule has 5 heteroatoms. The van der Waals surface area contributed by atoms with Gasteiger partial charge in [-0.15, -0.1) is 0 Å². The van der Waals surface area contributed by atoms with Crippen LogP contribution in [0.15, 0.2) is 54.9 Å². The van der Waals surface area contributed by atoms with Crippen molar-refractivity contribution in [2.45, 2.75) is 0 Å². The first-order chi connectivity index (χ1) is 8.42. The molecule has 0 aliphatic heterocycles. The third kappa shape index (κ3) is 2.41. The van der Waals surface area contributed by atoms with Crippen LogP contribution in [0.2, 0.25) is 0 Å². The van der Waals surface area contributed by atoms with Gasteiger partial charge in [-0.1, -0.05) is 18.2 Å². The van der Waals surface area contributed by atoms with Crippen molar-refractivity contribution in [2.75, 3.05) is 0 Å². The Hall–Kier alpha value is -2.53. The Bertz CT molecular complexity index is 644. The van der Waals surface area contributed by atoms with Crippen LogP contribution in [-0.2, 0) is 0 Å². The van der Waals surface area contributed by atoms with Crippen molar-refractivity contribution in [1.29, 1.82) is 0 Å². The smallest absolute Gasteiger partial charge is 0.323 e. The third-order valence-corrected chi connectivity index (χ3v) is 2.31. The van der Waals surface area contributed by atoms with E-state index in [9.17, 15) is 0 Å². The van der Waals surface area contributed by atoms with E-state index in [4.69, 9.17) is 4.74 Å². The van der Waals surface area contributed by atoms with Crippen LogP contribution in [0.3, 0.4) is 0 Å². The lowest BCUT2D eigenvalue weighted by molar-refractivity contribution is 0.427. The molecule has 0 bridgehead atoms. The first-order valence-corrected chi connectivity index (χ1v) is 5.22. The Morgan fingerprint density at radius 1 is 0.833 bits per heavy atom. The molecule has 0 radical (unpaired) electrons. The van der Waals surface area contributed by atoms with E-state index in [2.05, 4.69) is 15.0 Å². The van der Waals surface area contributed by atoms with Crippen molar-refractivity contribution < 1.29 is 10.2 Å². The molecule has 0 atom stereocenters. The maximum absolute atomic E-state index is 5.45. The zero-order chi connectivity index (χ0) is 11.5. The number of hydrogen-bond acceptors (Lipinski definition) is 4. The van der Waals surface area contributed by atoms with Crippen LogP contribution in [0.1, 0.15) is 0 Å². The van der Waals surface area contributed by atoms with Gasteiger partial charge in [-0.3, -0.25) is 0 Å². The predicted octanol–water partition coefficient (Wildman–Crippen LogP) is 1.99. The van der Waals surface area contributed by atoms with E-state index >= 15 is 0 Å². The average Bonchev–Trinajstić information content (AvgIpc) is 2.40. The number of aromatic nitrogens is 3. The minimum atomic E-state index is 0. The molecule has 2 N–H and O–H groups in total. The van der Waals surface area contributed by atoms with Gasteiger partial charge in [0.2, 0.25) is 5.88 Å². The van der Waals surface area contributed by atoms with Crippen molar-refractivity contribution in [3.63, 3.8) is 0 Å². The van der Waals surface area contributed by atoms with E-state index < -0.39 is 0 Å². The second kappa shape index (κ2) is 5.20. The largest absolute Gasteiger partial charge is 0.412 e. The Labute approximate surface area is 103 Å². The summed E-state index contributed by atoms with van der Waals surface area (Å²) in [5, 5.41) is 1.08. The number of rotatable bonds is 2. The van der Waals surface area contributed by atoms with Gasteiger partial charge in [0.1, 0.15) is 0 Å². The summed E-state index contributed by atoms with van der Waals surface area (Å²) in [6.07, 6.45) is 3.26. The molecule has 5 nitrogen and oxygen atoms in total. The lowest BCUT2D eigenvalue weighted by Gasteiger charge is -2.03. The molecular formula is C13H11N3O2. The molecule has 3 rings (SSSR count). The van der Waals surface area contributed by atoms with Gasteiger partial charge in [0.25, 0.3) is 0 Å². The number of pyridine rings is 1. The number of nitrogens with zero attached hydrogens (tertiary/aromatic N) is 3. The molecule has 0 aliphatic carbocycles. The third-order valence-electron chi connectivity index (χ3n) is 2.31. The van der Waals surface area contributed by atoms with Crippen molar-refractivity contribution in [1.82, 2.24) is 15.0 Å². The molecule has 0 spiro atoms. The van der Waals surface area contributed by atoms with Gasteiger partial charge in [-0.2, -0.15) is 0 Å². The summed E-state index contributed by atoms with van der Waals surface area (Å²) in [6, 6.07) is 13.7. The maximum Gasteiger partial charge on any atom is 0.323 e. The van der Waals surface area contributed by atoms with Crippen LogP contribution in [0.25, 0.3) is 10.9 Å². The van der Waals surface area contributed by atoms with Crippen LogP contribution >= 0.6 is 0 Å². The molecule has 0 fully saturated rings. The summed E-state index contributed by atoms with van der Waals surface area (Å²) in [4.78, 5) is 12.3. The Balaban J connectivity index is 0.00000120. The summed E-state index contributed by atoms with van der Waals surface area (Å²) >= 11 is 0. The topological polar surface area (TPSA) is 79.4 Å². The van der Waals surface area contributed by atoms with Crippen LogP contribution in [0, 0.1) is 0 Å². The van der Waals surface area contributed by atoms with Gasteiger partial charge >= 0.3 is 6.01 Å². The monoisotopic (exact) mass is 241 g/mol. The predicted molar refractivity (Wildman–Crippen MR) is 67.5 cm³/mol. The summed E-state index contributed by atoms with van der Waals surface area (Å²) < 4.78 is 5.45. The molecule has 0 unspecified atom stereocenters. The maximum atomic E-state index is 5.45. The van der Waals surface area contributed by atoms with Gasteiger partial charge in [0.05, 0.1) is 5.52 Å². The Kier molecular flexibility index (Phi) is 3.45. The minimum Gasteiger partial charge on any atom is -0.412 e. The molecular weight excluding hydrogens is 230 g/mol.